The summed E-state index contributed by atoms with van der Waals surface area (Å²) in [6.07, 6.45) is 3.13. The summed E-state index contributed by atoms with van der Waals surface area (Å²) in [4.78, 5) is 12.0. The summed E-state index contributed by atoms with van der Waals surface area (Å²) in [6, 6.07) is 0.0798. The highest BCUT2D eigenvalue weighted by molar-refractivity contribution is 7.99. The van der Waals surface area contributed by atoms with Gasteiger partial charge in [-0.3, -0.25) is 4.79 Å². The second-order valence-electron chi connectivity index (χ2n) is 4.66. The zero-order chi connectivity index (χ0) is 14.4. The van der Waals surface area contributed by atoms with Crippen LogP contribution in [0.5, 0.6) is 0 Å². The molecule has 5 nitrogen and oxygen atoms in total. The Balaban J connectivity index is 2.66. The van der Waals surface area contributed by atoms with Crippen molar-refractivity contribution < 1.29 is 4.79 Å². The number of aromatic nitrogens is 1. The topological polar surface area (TPSA) is 80.0 Å². The summed E-state index contributed by atoms with van der Waals surface area (Å²) in [5, 5.41) is 7.44. The number of amides is 1. The molecule has 7 heteroatoms. The maximum atomic E-state index is 12.0. The molecule has 19 heavy (non-hydrogen) atoms. The number of hydrogen-bond acceptors (Lipinski definition) is 6. The Hall–Kier alpha value is -0.950. The van der Waals surface area contributed by atoms with Gasteiger partial charge >= 0.3 is 0 Å². The van der Waals surface area contributed by atoms with E-state index in [-0.39, 0.29) is 11.9 Å². The van der Waals surface area contributed by atoms with Gasteiger partial charge in [0.25, 0.3) is 5.91 Å². The van der Waals surface area contributed by atoms with Crippen molar-refractivity contribution in [2.75, 3.05) is 23.9 Å². The minimum Gasteiger partial charge on any atom is -0.382 e. The predicted octanol–water partition coefficient (Wildman–Crippen LogP) is 2.42. The lowest BCUT2D eigenvalue weighted by Crippen LogP contribution is -2.31. The van der Waals surface area contributed by atoms with Crippen LogP contribution in [0.3, 0.4) is 0 Å². The third-order valence-electron chi connectivity index (χ3n) is 2.60. The van der Waals surface area contributed by atoms with Crippen molar-refractivity contribution >= 4 is 40.0 Å². The second kappa shape index (κ2) is 7.59. The Labute approximate surface area is 122 Å². The van der Waals surface area contributed by atoms with Crippen molar-refractivity contribution in [3.05, 3.63) is 5.56 Å². The zero-order valence-electron chi connectivity index (χ0n) is 11.8. The first-order valence-corrected chi connectivity index (χ1v) is 8.34. The lowest BCUT2D eigenvalue weighted by Gasteiger charge is -2.11. The molecule has 0 bridgehead atoms. The number of rotatable bonds is 7. The van der Waals surface area contributed by atoms with E-state index < -0.39 is 0 Å². The molecule has 0 fully saturated rings. The molecule has 0 aliphatic rings. The van der Waals surface area contributed by atoms with Gasteiger partial charge in [-0.1, -0.05) is 6.92 Å². The molecule has 0 saturated heterocycles. The van der Waals surface area contributed by atoms with Crippen LogP contribution in [0, 0.1) is 0 Å². The Kier molecular flexibility index (Phi) is 6.44. The SMILES string of the molecule is CSC(C)CCNc1snc(N)c1C(=O)NC(C)C. The molecule has 1 rings (SSSR count). The third-order valence-corrected chi connectivity index (χ3v) is 4.46. The fourth-order valence-corrected chi connectivity index (χ4v) is 2.57. The molecule has 108 valence electrons. The number of anilines is 2. The van der Waals surface area contributed by atoms with Crippen LogP contribution in [0.2, 0.25) is 0 Å². The molecule has 0 saturated carbocycles. The monoisotopic (exact) mass is 302 g/mol. The molecular formula is C12H22N4OS2. The molecule has 0 radical (unpaired) electrons. The Bertz CT molecular complexity index is 420. The second-order valence-corrected chi connectivity index (χ2v) is 6.71. The molecule has 1 atom stereocenters. The number of nitrogen functional groups attached to an aromatic ring is 1. The van der Waals surface area contributed by atoms with Gasteiger partial charge in [0.05, 0.1) is 0 Å². The van der Waals surface area contributed by atoms with Crippen LogP contribution < -0.4 is 16.4 Å². The normalized spacial score (nSPS) is 12.5. The van der Waals surface area contributed by atoms with Crippen LogP contribution in [-0.4, -0.2) is 34.4 Å². The highest BCUT2D eigenvalue weighted by Crippen LogP contribution is 2.27. The average molecular weight is 302 g/mol. The van der Waals surface area contributed by atoms with E-state index in [1.807, 2.05) is 25.6 Å². The highest BCUT2D eigenvalue weighted by Gasteiger charge is 2.19. The van der Waals surface area contributed by atoms with E-state index in [0.717, 1.165) is 18.0 Å². The van der Waals surface area contributed by atoms with Crippen molar-refractivity contribution in [3.63, 3.8) is 0 Å². The predicted molar refractivity (Wildman–Crippen MR) is 85.2 cm³/mol. The average Bonchev–Trinajstić information content (AvgIpc) is 2.69. The molecule has 0 spiro atoms. The van der Waals surface area contributed by atoms with Gasteiger partial charge in [0.15, 0.2) is 5.82 Å². The summed E-state index contributed by atoms with van der Waals surface area (Å²) in [5.41, 5.74) is 6.24. The van der Waals surface area contributed by atoms with E-state index in [0.29, 0.717) is 16.6 Å². The smallest absolute Gasteiger partial charge is 0.258 e. The maximum absolute atomic E-state index is 12.0. The minimum atomic E-state index is -0.165. The quantitative estimate of drug-likeness (QED) is 0.721. The van der Waals surface area contributed by atoms with Crippen LogP contribution in [-0.2, 0) is 0 Å². The highest BCUT2D eigenvalue weighted by atomic mass is 32.2. The lowest BCUT2D eigenvalue weighted by molar-refractivity contribution is 0.0945. The van der Waals surface area contributed by atoms with Crippen molar-refractivity contribution in [2.45, 2.75) is 38.5 Å². The summed E-state index contributed by atoms with van der Waals surface area (Å²) < 4.78 is 4.05. The van der Waals surface area contributed by atoms with Gasteiger partial charge in [-0.05, 0) is 38.1 Å². The largest absolute Gasteiger partial charge is 0.382 e. The molecule has 4 N–H and O–H groups in total. The first kappa shape index (κ1) is 16.1. The van der Waals surface area contributed by atoms with E-state index >= 15 is 0 Å². The Morgan fingerprint density at radius 2 is 2.16 bits per heavy atom. The molecule has 0 aromatic carbocycles. The fourth-order valence-electron chi connectivity index (χ4n) is 1.48. The van der Waals surface area contributed by atoms with Gasteiger partial charge in [0, 0.05) is 17.8 Å². The van der Waals surface area contributed by atoms with Crippen LogP contribution in [0.4, 0.5) is 10.8 Å². The van der Waals surface area contributed by atoms with E-state index in [2.05, 4.69) is 28.2 Å². The van der Waals surface area contributed by atoms with Gasteiger partial charge in [-0.15, -0.1) is 0 Å². The van der Waals surface area contributed by atoms with Gasteiger partial charge in [-0.25, -0.2) is 0 Å². The molecule has 1 aromatic rings. The van der Waals surface area contributed by atoms with Crippen molar-refractivity contribution in [1.29, 1.82) is 0 Å². The number of hydrogen-bond donors (Lipinski definition) is 3. The Morgan fingerprint density at radius 1 is 1.47 bits per heavy atom. The van der Waals surface area contributed by atoms with Crippen LogP contribution in [0.15, 0.2) is 0 Å². The van der Waals surface area contributed by atoms with Crippen LogP contribution in [0.25, 0.3) is 0 Å². The number of thioether (sulfide) groups is 1. The van der Waals surface area contributed by atoms with Crippen molar-refractivity contribution in [1.82, 2.24) is 9.69 Å². The molecule has 1 unspecified atom stereocenters. The van der Waals surface area contributed by atoms with E-state index in [9.17, 15) is 4.79 Å². The summed E-state index contributed by atoms with van der Waals surface area (Å²) >= 11 is 3.06. The van der Waals surface area contributed by atoms with Crippen molar-refractivity contribution in [3.8, 4) is 0 Å². The summed E-state index contributed by atoms with van der Waals surface area (Å²) in [6.45, 7) is 6.83. The van der Waals surface area contributed by atoms with E-state index in [4.69, 9.17) is 5.73 Å². The number of nitrogens with zero attached hydrogens (tertiary/aromatic N) is 1. The van der Waals surface area contributed by atoms with Crippen LogP contribution in [0.1, 0.15) is 37.6 Å². The Morgan fingerprint density at radius 3 is 2.74 bits per heavy atom. The molecule has 1 heterocycles. The first-order valence-electron chi connectivity index (χ1n) is 6.28. The molecule has 0 aliphatic carbocycles. The standard InChI is InChI=1S/C12H22N4OS2/c1-7(2)15-11(17)9-10(13)16-19-12(9)14-6-5-8(3)18-4/h7-8,14H,5-6H2,1-4H3,(H2,13,16)(H,15,17). The number of carbonyl (C=O) groups excluding carboxylic acids is 1. The third kappa shape index (κ3) is 4.91. The van der Waals surface area contributed by atoms with Crippen LogP contribution >= 0.6 is 23.3 Å². The maximum Gasteiger partial charge on any atom is 0.258 e. The summed E-state index contributed by atoms with van der Waals surface area (Å²) in [7, 11) is 0. The fraction of sp³-hybridized carbons (Fsp3) is 0.667. The number of nitrogens with two attached hydrogens (primary N) is 1. The molecule has 1 amide bonds. The number of carbonyl (C=O) groups is 1. The zero-order valence-corrected chi connectivity index (χ0v) is 13.5. The van der Waals surface area contributed by atoms with Gasteiger partial charge < -0.3 is 16.4 Å². The van der Waals surface area contributed by atoms with Crippen molar-refractivity contribution in [2.24, 2.45) is 0 Å². The molecule has 0 aliphatic heterocycles. The van der Waals surface area contributed by atoms with Gasteiger partial charge in [0.2, 0.25) is 0 Å². The molecule has 1 aromatic heterocycles. The lowest BCUT2D eigenvalue weighted by atomic mass is 10.2. The van der Waals surface area contributed by atoms with E-state index in [1.54, 1.807) is 0 Å². The first-order chi connectivity index (χ1) is 8.95. The van der Waals surface area contributed by atoms with E-state index in [1.165, 1.54) is 11.5 Å². The van der Waals surface area contributed by atoms with Gasteiger partial charge in [0.1, 0.15) is 10.6 Å². The number of nitrogens with one attached hydrogen (secondary N) is 2. The van der Waals surface area contributed by atoms with Gasteiger partial charge in [-0.2, -0.15) is 16.1 Å². The molecular weight excluding hydrogens is 280 g/mol. The summed E-state index contributed by atoms with van der Waals surface area (Å²) in [5.74, 6) is 0.130. The minimum absolute atomic E-state index is 0.0798.